The van der Waals surface area contributed by atoms with Crippen molar-refractivity contribution in [1.82, 2.24) is 4.90 Å². The maximum absolute atomic E-state index is 12.5. The SMILES string of the molecule is CC1Sc2ccc(C(=O)Nc3ccc(CN(C)C)cc3)cc2NC1=O. The van der Waals surface area contributed by atoms with E-state index in [2.05, 4.69) is 15.5 Å². The summed E-state index contributed by atoms with van der Waals surface area (Å²) in [7, 11) is 4.03. The highest BCUT2D eigenvalue weighted by molar-refractivity contribution is 8.00. The molecule has 2 amide bonds. The van der Waals surface area contributed by atoms with Gasteiger partial charge in [0, 0.05) is 22.7 Å². The minimum absolute atomic E-state index is 0.0356. The molecule has 0 spiro atoms. The van der Waals surface area contributed by atoms with Crippen molar-refractivity contribution in [2.24, 2.45) is 0 Å². The van der Waals surface area contributed by atoms with Crippen LogP contribution in [0.3, 0.4) is 0 Å². The average molecular weight is 355 g/mol. The third-order valence-electron chi connectivity index (χ3n) is 3.88. The summed E-state index contributed by atoms with van der Waals surface area (Å²) in [6, 6.07) is 13.2. The molecule has 1 aliphatic rings. The Balaban J connectivity index is 1.71. The Labute approximate surface area is 151 Å². The second-order valence-corrected chi connectivity index (χ2v) is 7.73. The summed E-state index contributed by atoms with van der Waals surface area (Å²) in [5.41, 5.74) is 3.15. The van der Waals surface area contributed by atoms with E-state index in [4.69, 9.17) is 0 Å². The van der Waals surface area contributed by atoms with Gasteiger partial charge in [-0.2, -0.15) is 0 Å². The summed E-state index contributed by atoms with van der Waals surface area (Å²) in [5, 5.41) is 5.63. The summed E-state index contributed by atoms with van der Waals surface area (Å²) in [4.78, 5) is 27.3. The minimum atomic E-state index is -0.193. The summed E-state index contributed by atoms with van der Waals surface area (Å²) < 4.78 is 0. The van der Waals surface area contributed by atoms with Crippen LogP contribution < -0.4 is 10.6 Å². The molecule has 1 unspecified atom stereocenters. The summed E-state index contributed by atoms with van der Waals surface area (Å²) in [6.07, 6.45) is 0. The van der Waals surface area contributed by atoms with Crippen LogP contribution in [0.25, 0.3) is 0 Å². The summed E-state index contributed by atoms with van der Waals surface area (Å²) >= 11 is 1.50. The third-order valence-corrected chi connectivity index (χ3v) is 5.06. The number of benzene rings is 2. The Morgan fingerprint density at radius 2 is 1.92 bits per heavy atom. The third kappa shape index (κ3) is 4.21. The average Bonchev–Trinajstić information content (AvgIpc) is 2.57. The zero-order valence-electron chi connectivity index (χ0n) is 14.5. The molecule has 130 valence electrons. The first-order chi connectivity index (χ1) is 11.9. The topological polar surface area (TPSA) is 61.4 Å². The zero-order chi connectivity index (χ0) is 18.0. The predicted molar refractivity (Wildman–Crippen MR) is 102 cm³/mol. The van der Waals surface area contributed by atoms with Crippen LogP contribution in [0.4, 0.5) is 11.4 Å². The quantitative estimate of drug-likeness (QED) is 0.882. The van der Waals surface area contributed by atoms with E-state index in [0.29, 0.717) is 11.3 Å². The second kappa shape index (κ2) is 7.29. The highest BCUT2D eigenvalue weighted by Crippen LogP contribution is 2.36. The summed E-state index contributed by atoms with van der Waals surface area (Å²) in [5.74, 6) is -0.229. The van der Waals surface area contributed by atoms with Gasteiger partial charge in [-0.05, 0) is 56.9 Å². The molecule has 2 aromatic carbocycles. The van der Waals surface area contributed by atoms with E-state index in [1.165, 1.54) is 17.3 Å². The van der Waals surface area contributed by atoms with E-state index in [0.717, 1.165) is 17.1 Å². The van der Waals surface area contributed by atoms with E-state index in [1.54, 1.807) is 12.1 Å². The van der Waals surface area contributed by atoms with Crippen molar-refractivity contribution in [3.63, 3.8) is 0 Å². The lowest BCUT2D eigenvalue weighted by Gasteiger charge is -2.21. The Morgan fingerprint density at radius 3 is 2.60 bits per heavy atom. The molecular formula is C19H21N3O2S. The second-order valence-electron chi connectivity index (χ2n) is 6.35. The van der Waals surface area contributed by atoms with E-state index in [-0.39, 0.29) is 17.1 Å². The van der Waals surface area contributed by atoms with Crippen molar-refractivity contribution < 1.29 is 9.59 Å². The van der Waals surface area contributed by atoms with Crippen LogP contribution in [0.15, 0.2) is 47.4 Å². The van der Waals surface area contributed by atoms with Gasteiger partial charge in [0.25, 0.3) is 5.91 Å². The number of rotatable bonds is 4. The Bertz CT molecular complexity index is 803. The van der Waals surface area contributed by atoms with Crippen molar-refractivity contribution in [2.75, 3.05) is 24.7 Å². The van der Waals surface area contributed by atoms with Gasteiger partial charge in [0.15, 0.2) is 0 Å². The number of carbonyl (C=O) groups is 2. The molecule has 0 radical (unpaired) electrons. The molecule has 5 nitrogen and oxygen atoms in total. The van der Waals surface area contributed by atoms with Gasteiger partial charge in [-0.15, -0.1) is 11.8 Å². The number of nitrogens with one attached hydrogen (secondary N) is 2. The Morgan fingerprint density at radius 1 is 1.20 bits per heavy atom. The van der Waals surface area contributed by atoms with E-state index in [1.807, 2.05) is 51.4 Å². The number of amides is 2. The number of hydrogen-bond acceptors (Lipinski definition) is 4. The van der Waals surface area contributed by atoms with E-state index < -0.39 is 0 Å². The molecule has 1 aliphatic heterocycles. The number of thioether (sulfide) groups is 1. The van der Waals surface area contributed by atoms with Gasteiger partial charge in [0.05, 0.1) is 10.9 Å². The highest BCUT2D eigenvalue weighted by Gasteiger charge is 2.23. The number of carbonyl (C=O) groups excluding carboxylic acids is 2. The fourth-order valence-corrected chi connectivity index (χ4v) is 3.54. The van der Waals surface area contributed by atoms with Gasteiger partial charge in [0.1, 0.15) is 0 Å². The lowest BCUT2D eigenvalue weighted by Crippen LogP contribution is -2.26. The van der Waals surface area contributed by atoms with Gasteiger partial charge < -0.3 is 15.5 Å². The fraction of sp³-hybridized carbons (Fsp3) is 0.263. The fourth-order valence-electron chi connectivity index (χ4n) is 2.61. The van der Waals surface area contributed by atoms with Crippen molar-refractivity contribution >= 4 is 35.0 Å². The van der Waals surface area contributed by atoms with Gasteiger partial charge in [-0.1, -0.05) is 12.1 Å². The molecule has 3 rings (SSSR count). The molecule has 0 fully saturated rings. The largest absolute Gasteiger partial charge is 0.324 e. The molecule has 1 atom stereocenters. The first-order valence-electron chi connectivity index (χ1n) is 8.09. The maximum Gasteiger partial charge on any atom is 0.255 e. The number of hydrogen-bond donors (Lipinski definition) is 2. The number of nitrogens with zero attached hydrogens (tertiary/aromatic N) is 1. The van der Waals surface area contributed by atoms with Gasteiger partial charge in [-0.25, -0.2) is 0 Å². The lowest BCUT2D eigenvalue weighted by molar-refractivity contribution is -0.115. The first-order valence-corrected chi connectivity index (χ1v) is 8.97. The molecule has 6 heteroatoms. The molecule has 0 bridgehead atoms. The van der Waals surface area contributed by atoms with Crippen LogP contribution in [0.5, 0.6) is 0 Å². The van der Waals surface area contributed by atoms with Crippen LogP contribution in [0.1, 0.15) is 22.8 Å². The molecule has 0 aliphatic carbocycles. The van der Waals surface area contributed by atoms with E-state index in [9.17, 15) is 9.59 Å². The molecule has 0 saturated heterocycles. The Hall–Kier alpha value is -2.31. The smallest absolute Gasteiger partial charge is 0.255 e. The standard InChI is InChI=1S/C19H21N3O2S/c1-12-18(23)21-16-10-14(6-9-17(16)25-12)19(24)20-15-7-4-13(5-8-15)11-22(2)3/h4-10,12H,11H2,1-3H3,(H,20,24)(H,21,23). The van der Waals surface area contributed by atoms with E-state index >= 15 is 0 Å². The molecule has 2 N–H and O–H groups in total. The molecule has 25 heavy (non-hydrogen) atoms. The van der Waals surface area contributed by atoms with Gasteiger partial charge in [-0.3, -0.25) is 9.59 Å². The Kier molecular flexibility index (Phi) is 5.11. The molecule has 0 saturated carbocycles. The molecule has 1 heterocycles. The predicted octanol–water partition coefficient (Wildman–Crippen LogP) is 3.43. The van der Waals surface area contributed by atoms with Crippen LogP contribution in [0.2, 0.25) is 0 Å². The molecular weight excluding hydrogens is 334 g/mol. The van der Waals surface area contributed by atoms with Gasteiger partial charge in [0.2, 0.25) is 5.91 Å². The van der Waals surface area contributed by atoms with Crippen molar-refractivity contribution in [3.8, 4) is 0 Å². The zero-order valence-corrected chi connectivity index (χ0v) is 15.3. The van der Waals surface area contributed by atoms with Crippen LogP contribution in [-0.2, 0) is 11.3 Å². The van der Waals surface area contributed by atoms with Gasteiger partial charge >= 0.3 is 0 Å². The highest BCUT2D eigenvalue weighted by atomic mass is 32.2. The monoisotopic (exact) mass is 355 g/mol. The van der Waals surface area contributed by atoms with Crippen molar-refractivity contribution in [2.45, 2.75) is 23.6 Å². The molecule has 0 aromatic heterocycles. The normalized spacial score (nSPS) is 16.3. The lowest BCUT2D eigenvalue weighted by atomic mass is 10.1. The number of fused-ring (bicyclic) bond motifs is 1. The van der Waals surface area contributed by atoms with Crippen molar-refractivity contribution in [3.05, 3.63) is 53.6 Å². The van der Waals surface area contributed by atoms with Crippen LogP contribution in [-0.4, -0.2) is 36.1 Å². The summed E-state index contributed by atoms with van der Waals surface area (Å²) in [6.45, 7) is 2.72. The number of anilines is 2. The first kappa shape index (κ1) is 17.5. The van der Waals surface area contributed by atoms with Crippen LogP contribution in [0, 0.1) is 0 Å². The maximum atomic E-state index is 12.5. The molecule has 2 aromatic rings. The minimum Gasteiger partial charge on any atom is -0.324 e. The van der Waals surface area contributed by atoms with Crippen molar-refractivity contribution in [1.29, 1.82) is 0 Å². The van der Waals surface area contributed by atoms with Crippen LogP contribution >= 0.6 is 11.8 Å².